The molecule has 2 saturated heterocycles. The van der Waals surface area contributed by atoms with Crippen LogP contribution >= 0.6 is 11.8 Å². The first-order chi connectivity index (χ1) is 8.76. The lowest BCUT2D eigenvalue weighted by molar-refractivity contribution is -0.123. The fraction of sp³-hybridized carbons (Fsp3) is 0.923. The van der Waals surface area contributed by atoms with Gasteiger partial charge in [-0.15, -0.1) is 0 Å². The fourth-order valence-electron chi connectivity index (χ4n) is 2.64. The quantitative estimate of drug-likeness (QED) is 0.806. The number of nitrogens with one attached hydrogen (secondary N) is 2. The van der Waals surface area contributed by atoms with Crippen LogP contribution in [-0.2, 0) is 9.53 Å². The molecular formula is C13H24N2O2S. The summed E-state index contributed by atoms with van der Waals surface area (Å²) in [6, 6.07) is 0.0255. The van der Waals surface area contributed by atoms with E-state index in [2.05, 4.69) is 16.9 Å². The molecular weight excluding hydrogens is 248 g/mol. The molecule has 0 spiro atoms. The van der Waals surface area contributed by atoms with Gasteiger partial charge >= 0.3 is 0 Å². The second-order valence-electron chi connectivity index (χ2n) is 5.22. The average Bonchev–Trinajstić information content (AvgIpc) is 2.47. The van der Waals surface area contributed by atoms with E-state index in [-0.39, 0.29) is 16.7 Å². The van der Waals surface area contributed by atoms with Crippen LogP contribution in [0.5, 0.6) is 0 Å². The maximum atomic E-state index is 12.1. The standard InChI is InChI=1S/C13H24N2O2S/c1-18-13(5-8-17-9-6-13)10-15-12(16)11-4-2-3-7-14-11/h11,14H,2-10H2,1H3,(H,15,16). The summed E-state index contributed by atoms with van der Waals surface area (Å²) >= 11 is 1.87. The molecule has 2 rings (SSSR count). The van der Waals surface area contributed by atoms with Crippen molar-refractivity contribution in [2.45, 2.75) is 42.9 Å². The molecule has 2 N–H and O–H groups in total. The van der Waals surface area contributed by atoms with Gasteiger partial charge in [0.2, 0.25) is 5.91 Å². The summed E-state index contributed by atoms with van der Waals surface area (Å²) in [6.07, 6.45) is 7.53. The zero-order valence-corrected chi connectivity index (χ0v) is 12.0. The van der Waals surface area contributed by atoms with Crippen molar-refractivity contribution in [3.63, 3.8) is 0 Å². The largest absolute Gasteiger partial charge is 0.381 e. The lowest BCUT2D eigenvalue weighted by Crippen LogP contribution is -2.51. The van der Waals surface area contributed by atoms with Gasteiger partial charge in [0.25, 0.3) is 0 Å². The predicted octanol–water partition coefficient (Wildman–Crippen LogP) is 1.16. The normalized spacial score (nSPS) is 27.7. The van der Waals surface area contributed by atoms with Crippen LogP contribution in [0.3, 0.4) is 0 Å². The number of rotatable bonds is 4. The summed E-state index contributed by atoms with van der Waals surface area (Å²) in [5.74, 6) is 0.176. The molecule has 2 aliphatic rings. The maximum Gasteiger partial charge on any atom is 0.237 e. The molecule has 0 saturated carbocycles. The van der Waals surface area contributed by atoms with Crippen LogP contribution in [-0.4, -0.2) is 49.3 Å². The third-order valence-electron chi connectivity index (χ3n) is 4.05. The van der Waals surface area contributed by atoms with Gasteiger partial charge in [0.1, 0.15) is 0 Å². The Hall–Kier alpha value is -0.260. The van der Waals surface area contributed by atoms with Crippen LogP contribution in [0.1, 0.15) is 32.1 Å². The number of hydrogen-bond acceptors (Lipinski definition) is 4. The molecule has 2 heterocycles. The molecule has 1 unspecified atom stereocenters. The Morgan fingerprint density at radius 1 is 1.44 bits per heavy atom. The van der Waals surface area contributed by atoms with Crippen molar-refractivity contribution in [1.29, 1.82) is 0 Å². The van der Waals surface area contributed by atoms with E-state index in [4.69, 9.17) is 4.74 Å². The first kappa shape index (κ1) is 14.2. The van der Waals surface area contributed by atoms with Crippen LogP contribution < -0.4 is 10.6 Å². The third kappa shape index (κ3) is 3.62. The summed E-state index contributed by atoms with van der Waals surface area (Å²) < 4.78 is 5.59. The molecule has 1 amide bonds. The molecule has 2 aliphatic heterocycles. The van der Waals surface area contributed by atoms with E-state index in [1.807, 2.05) is 11.8 Å². The van der Waals surface area contributed by atoms with Crippen molar-refractivity contribution in [2.75, 3.05) is 32.6 Å². The number of piperidine rings is 1. The SMILES string of the molecule is CSC1(CNC(=O)C2CCCCN2)CCOCC1. The van der Waals surface area contributed by atoms with Crippen LogP contribution in [0.25, 0.3) is 0 Å². The highest BCUT2D eigenvalue weighted by molar-refractivity contribution is 8.00. The zero-order valence-electron chi connectivity index (χ0n) is 11.2. The van der Waals surface area contributed by atoms with Gasteiger partial charge in [-0.3, -0.25) is 4.79 Å². The molecule has 104 valence electrons. The Labute approximate surface area is 114 Å². The topological polar surface area (TPSA) is 50.4 Å². The van der Waals surface area contributed by atoms with Crippen LogP contribution in [0.4, 0.5) is 0 Å². The molecule has 1 atom stereocenters. The van der Waals surface area contributed by atoms with Crippen molar-refractivity contribution >= 4 is 17.7 Å². The van der Waals surface area contributed by atoms with Gasteiger partial charge in [-0.1, -0.05) is 6.42 Å². The first-order valence-electron chi connectivity index (χ1n) is 6.90. The number of carbonyl (C=O) groups excluding carboxylic acids is 1. The second kappa shape index (κ2) is 6.78. The smallest absolute Gasteiger partial charge is 0.237 e. The summed E-state index contributed by atoms with van der Waals surface area (Å²) in [5.41, 5.74) is 0. The maximum absolute atomic E-state index is 12.1. The molecule has 2 fully saturated rings. The lowest BCUT2D eigenvalue weighted by atomic mass is 9.98. The summed E-state index contributed by atoms with van der Waals surface area (Å²) in [5, 5.41) is 6.43. The molecule has 0 aliphatic carbocycles. The third-order valence-corrected chi connectivity index (χ3v) is 5.47. The van der Waals surface area contributed by atoms with Gasteiger partial charge in [0.05, 0.1) is 6.04 Å². The minimum atomic E-state index is 0.0255. The molecule has 18 heavy (non-hydrogen) atoms. The van der Waals surface area contributed by atoms with Crippen LogP contribution in [0.2, 0.25) is 0 Å². The van der Waals surface area contributed by atoms with Gasteiger partial charge in [-0.2, -0.15) is 11.8 Å². The van der Waals surface area contributed by atoms with Crippen LogP contribution in [0.15, 0.2) is 0 Å². The van der Waals surface area contributed by atoms with Gasteiger partial charge < -0.3 is 15.4 Å². The van der Waals surface area contributed by atoms with Crippen molar-refractivity contribution in [3.8, 4) is 0 Å². The van der Waals surface area contributed by atoms with E-state index in [9.17, 15) is 4.79 Å². The van der Waals surface area contributed by atoms with Crippen molar-refractivity contribution < 1.29 is 9.53 Å². The highest BCUT2D eigenvalue weighted by atomic mass is 32.2. The molecule has 0 aromatic heterocycles. The molecule has 0 bridgehead atoms. The Balaban J connectivity index is 1.79. The van der Waals surface area contributed by atoms with Crippen LogP contribution in [0, 0.1) is 0 Å². The van der Waals surface area contributed by atoms with Gasteiger partial charge in [0, 0.05) is 24.5 Å². The summed E-state index contributed by atoms with van der Waals surface area (Å²) in [4.78, 5) is 12.1. The Bertz CT molecular complexity index is 274. The number of carbonyl (C=O) groups is 1. The Morgan fingerprint density at radius 2 is 2.22 bits per heavy atom. The fourth-order valence-corrected chi connectivity index (χ4v) is 3.43. The van der Waals surface area contributed by atoms with E-state index in [1.54, 1.807) is 0 Å². The number of ether oxygens (including phenoxy) is 1. The minimum Gasteiger partial charge on any atom is -0.381 e. The van der Waals surface area contributed by atoms with E-state index >= 15 is 0 Å². The lowest BCUT2D eigenvalue weighted by Gasteiger charge is -2.36. The zero-order chi connectivity index (χ0) is 12.8. The van der Waals surface area contributed by atoms with E-state index in [0.717, 1.165) is 52.0 Å². The van der Waals surface area contributed by atoms with Crippen molar-refractivity contribution in [3.05, 3.63) is 0 Å². The predicted molar refractivity (Wildman–Crippen MR) is 75.0 cm³/mol. The first-order valence-corrected chi connectivity index (χ1v) is 8.12. The van der Waals surface area contributed by atoms with Gasteiger partial charge in [0.15, 0.2) is 0 Å². The van der Waals surface area contributed by atoms with Crippen molar-refractivity contribution in [1.82, 2.24) is 10.6 Å². The molecule has 0 radical (unpaired) electrons. The Morgan fingerprint density at radius 3 is 2.83 bits per heavy atom. The van der Waals surface area contributed by atoms with E-state index < -0.39 is 0 Å². The van der Waals surface area contributed by atoms with E-state index in [1.165, 1.54) is 6.42 Å². The van der Waals surface area contributed by atoms with Crippen molar-refractivity contribution in [2.24, 2.45) is 0 Å². The molecule has 0 aromatic carbocycles. The minimum absolute atomic E-state index is 0.0255. The van der Waals surface area contributed by atoms with Gasteiger partial charge in [-0.25, -0.2) is 0 Å². The van der Waals surface area contributed by atoms with Gasteiger partial charge in [-0.05, 0) is 38.5 Å². The van der Waals surface area contributed by atoms with E-state index in [0.29, 0.717) is 0 Å². The Kier molecular flexibility index (Phi) is 5.33. The average molecular weight is 272 g/mol. The number of amides is 1. The summed E-state index contributed by atoms with van der Waals surface area (Å²) in [6.45, 7) is 3.38. The molecule has 4 nitrogen and oxygen atoms in total. The highest BCUT2D eigenvalue weighted by Gasteiger charge is 2.33. The second-order valence-corrected chi connectivity index (χ2v) is 6.49. The summed E-state index contributed by atoms with van der Waals surface area (Å²) in [7, 11) is 0. The monoisotopic (exact) mass is 272 g/mol. The molecule has 0 aromatic rings. The number of thioether (sulfide) groups is 1. The highest BCUT2D eigenvalue weighted by Crippen LogP contribution is 2.33. The molecule has 5 heteroatoms. The number of hydrogen-bond donors (Lipinski definition) is 2.